The van der Waals surface area contributed by atoms with Crippen molar-refractivity contribution in [2.45, 2.75) is 70.1 Å². The molecule has 6 rings (SSSR count). The van der Waals surface area contributed by atoms with E-state index in [2.05, 4.69) is 31.0 Å². The molecule has 8 nitrogen and oxygen atoms in total. The van der Waals surface area contributed by atoms with E-state index < -0.39 is 35.5 Å². The zero-order valence-electron chi connectivity index (χ0n) is 18.5. The highest BCUT2D eigenvalue weighted by atomic mass is 19.1. The Hall–Kier alpha value is -2.81. The Balaban J connectivity index is 1.45. The van der Waals surface area contributed by atoms with Gasteiger partial charge in [0, 0.05) is 37.1 Å². The number of hydrogen-bond acceptors (Lipinski definition) is 6. The molecule has 0 saturated carbocycles. The zero-order valence-corrected chi connectivity index (χ0v) is 18.5. The highest BCUT2D eigenvalue weighted by Gasteiger charge is 2.47. The van der Waals surface area contributed by atoms with Gasteiger partial charge in [0.1, 0.15) is 11.9 Å². The van der Waals surface area contributed by atoms with E-state index in [1.807, 2.05) is 4.90 Å². The second kappa shape index (κ2) is 7.10. The molecule has 170 valence electrons. The van der Waals surface area contributed by atoms with Crippen molar-refractivity contribution in [1.29, 1.82) is 0 Å². The molecule has 4 amide bonds. The second-order valence-electron chi connectivity index (χ2n) is 10.2. The summed E-state index contributed by atoms with van der Waals surface area (Å²) in [5.74, 6) is -2.94. The smallest absolute Gasteiger partial charge is 0.262 e. The zero-order chi connectivity index (χ0) is 22.9. The van der Waals surface area contributed by atoms with E-state index >= 15 is 4.39 Å². The van der Waals surface area contributed by atoms with Gasteiger partial charge in [-0.3, -0.25) is 34.3 Å². The van der Waals surface area contributed by atoms with Crippen LogP contribution < -0.4 is 10.2 Å². The lowest BCUT2D eigenvalue weighted by molar-refractivity contribution is -0.136. The maximum atomic E-state index is 15.2. The van der Waals surface area contributed by atoms with Crippen LogP contribution in [-0.2, 0) is 9.59 Å². The number of piperazine rings is 1. The van der Waals surface area contributed by atoms with Gasteiger partial charge in [-0.2, -0.15) is 0 Å². The van der Waals surface area contributed by atoms with E-state index in [0.29, 0.717) is 18.3 Å². The molecule has 2 bridgehead atoms. The molecule has 5 aliphatic rings. The molecule has 0 aliphatic carbocycles. The largest absolute Gasteiger partial charge is 0.363 e. The molecule has 1 N–H and O–H groups in total. The molecule has 0 aromatic heterocycles. The number of piperidine rings is 3. The predicted octanol–water partition coefficient (Wildman–Crippen LogP) is 1.68. The number of halogens is 1. The number of benzene rings is 1. The van der Waals surface area contributed by atoms with Gasteiger partial charge in [-0.1, -0.05) is 0 Å². The first kappa shape index (κ1) is 21.1. The molecule has 3 atom stereocenters. The number of hydrogen-bond donors (Lipinski definition) is 1. The van der Waals surface area contributed by atoms with E-state index in [4.69, 9.17) is 0 Å². The van der Waals surface area contributed by atoms with E-state index in [9.17, 15) is 19.2 Å². The Bertz CT molecular complexity index is 1050. The van der Waals surface area contributed by atoms with Crippen LogP contribution in [0.15, 0.2) is 12.1 Å². The summed E-state index contributed by atoms with van der Waals surface area (Å²) in [6, 6.07) is 1.97. The second-order valence-corrected chi connectivity index (χ2v) is 10.2. The number of fused-ring (bicyclic) bond motifs is 4. The van der Waals surface area contributed by atoms with Gasteiger partial charge in [-0.25, -0.2) is 4.39 Å². The standard InChI is InChI=1S/C23H27FN4O4/c1-23(2,3)27-11-12-4-5-13(27)10-26(12)18-9-15-14(8-16(18)24)21(31)28(22(15)32)17-6-7-19(29)25-20(17)30/h8-9,12-13,17H,4-7,10-11H2,1-3H3,(H,25,29,30)/t12?,13?,17-/m0/s1. The third-order valence-corrected chi connectivity index (χ3v) is 7.21. The first-order valence-electron chi connectivity index (χ1n) is 11.1. The van der Waals surface area contributed by atoms with E-state index in [1.54, 1.807) is 0 Å². The normalized spacial score (nSPS) is 28.4. The maximum absolute atomic E-state index is 15.2. The van der Waals surface area contributed by atoms with Gasteiger partial charge >= 0.3 is 0 Å². The third-order valence-electron chi connectivity index (χ3n) is 7.21. The van der Waals surface area contributed by atoms with Gasteiger partial charge < -0.3 is 4.90 Å². The average molecular weight is 442 g/mol. The Labute approximate surface area is 185 Å². The van der Waals surface area contributed by atoms with E-state index in [0.717, 1.165) is 30.4 Å². The molecule has 32 heavy (non-hydrogen) atoms. The highest BCUT2D eigenvalue weighted by molar-refractivity contribution is 6.23. The minimum atomic E-state index is -1.06. The van der Waals surface area contributed by atoms with Crippen molar-refractivity contribution in [3.05, 3.63) is 29.1 Å². The predicted molar refractivity (Wildman–Crippen MR) is 114 cm³/mol. The van der Waals surface area contributed by atoms with Crippen LogP contribution in [0.5, 0.6) is 0 Å². The van der Waals surface area contributed by atoms with Gasteiger partial charge in [0.2, 0.25) is 11.8 Å². The summed E-state index contributed by atoms with van der Waals surface area (Å²) in [5.41, 5.74) is 0.444. The number of nitrogens with zero attached hydrogens (tertiary/aromatic N) is 3. The van der Waals surface area contributed by atoms with Crippen LogP contribution in [0.1, 0.15) is 67.2 Å². The molecule has 4 fully saturated rings. The van der Waals surface area contributed by atoms with Crippen LogP contribution in [0, 0.1) is 5.82 Å². The van der Waals surface area contributed by atoms with E-state index in [-0.39, 0.29) is 35.5 Å². The molecule has 9 heteroatoms. The fourth-order valence-corrected chi connectivity index (χ4v) is 5.64. The van der Waals surface area contributed by atoms with Gasteiger partial charge in [0.05, 0.1) is 16.8 Å². The van der Waals surface area contributed by atoms with Crippen molar-refractivity contribution in [3.63, 3.8) is 0 Å². The monoisotopic (exact) mass is 442 g/mol. The lowest BCUT2D eigenvalue weighted by Gasteiger charge is -2.56. The number of amides is 4. The Morgan fingerprint density at radius 2 is 1.59 bits per heavy atom. The summed E-state index contributed by atoms with van der Waals surface area (Å²) in [5, 5.41) is 2.17. The van der Waals surface area contributed by atoms with Crippen molar-refractivity contribution < 1.29 is 23.6 Å². The Morgan fingerprint density at radius 1 is 0.938 bits per heavy atom. The first-order valence-corrected chi connectivity index (χ1v) is 11.1. The lowest BCUT2D eigenvalue weighted by Crippen LogP contribution is -2.67. The summed E-state index contributed by atoms with van der Waals surface area (Å²) in [6.45, 7) is 8.03. The minimum absolute atomic E-state index is 0.0245. The van der Waals surface area contributed by atoms with Crippen molar-refractivity contribution in [3.8, 4) is 0 Å². The quantitative estimate of drug-likeness (QED) is 0.701. The van der Waals surface area contributed by atoms with Crippen molar-refractivity contribution in [1.82, 2.24) is 15.1 Å². The molecule has 4 saturated heterocycles. The van der Waals surface area contributed by atoms with Crippen LogP contribution in [0.3, 0.4) is 0 Å². The summed E-state index contributed by atoms with van der Waals surface area (Å²) in [7, 11) is 0. The van der Waals surface area contributed by atoms with Gasteiger partial charge in [-0.15, -0.1) is 0 Å². The Kier molecular flexibility index (Phi) is 4.67. The molecule has 0 spiro atoms. The van der Waals surface area contributed by atoms with Crippen LogP contribution in [0.2, 0.25) is 0 Å². The lowest BCUT2D eigenvalue weighted by atomic mass is 9.86. The summed E-state index contributed by atoms with van der Waals surface area (Å²) < 4.78 is 15.2. The maximum Gasteiger partial charge on any atom is 0.262 e. The average Bonchev–Trinajstić information content (AvgIpc) is 2.97. The van der Waals surface area contributed by atoms with Crippen LogP contribution in [-0.4, -0.2) is 70.2 Å². The summed E-state index contributed by atoms with van der Waals surface area (Å²) in [6.07, 6.45) is 2.11. The number of carbonyl (C=O) groups is 4. The Morgan fingerprint density at radius 3 is 2.19 bits per heavy atom. The van der Waals surface area contributed by atoms with Crippen molar-refractivity contribution >= 4 is 29.3 Å². The fourth-order valence-electron chi connectivity index (χ4n) is 5.64. The van der Waals surface area contributed by atoms with Gasteiger partial charge in [-0.05, 0) is 52.2 Å². The topological polar surface area (TPSA) is 90.0 Å². The number of carbonyl (C=O) groups excluding carboxylic acids is 4. The van der Waals surface area contributed by atoms with E-state index in [1.165, 1.54) is 6.07 Å². The summed E-state index contributed by atoms with van der Waals surface area (Å²) in [4.78, 5) is 55.1. The number of anilines is 1. The van der Waals surface area contributed by atoms with Crippen molar-refractivity contribution in [2.24, 2.45) is 0 Å². The number of imide groups is 2. The molecule has 5 aliphatic heterocycles. The molecular formula is C23H27FN4O4. The van der Waals surface area contributed by atoms with Crippen LogP contribution >= 0.6 is 0 Å². The minimum Gasteiger partial charge on any atom is -0.363 e. The third kappa shape index (κ3) is 3.13. The molecule has 5 heterocycles. The first-order chi connectivity index (χ1) is 15.1. The van der Waals surface area contributed by atoms with Gasteiger partial charge in [0.25, 0.3) is 11.8 Å². The molecular weight excluding hydrogens is 415 g/mol. The van der Waals surface area contributed by atoms with Crippen molar-refractivity contribution in [2.75, 3.05) is 18.0 Å². The number of rotatable bonds is 2. The van der Waals surface area contributed by atoms with Crippen LogP contribution in [0.25, 0.3) is 0 Å². The SMILES string of the molecule is CC(C)(C)N1CC2CCC1CN2c1cc2c(cc1F)C(=O)N([C@H]1CCC(=O)NC1=O)C2=O. The highest BCUT2D eigenvalue weighted by Crippen LogP contribution is 2.39. The van der Waals surface area contributed by atoms with Crippen LogP contribution in [0.4, 0.5) is 10.1 Å². The molecule has 2 unspecified atom stereocenters. The number of nitrogens with one attached hydrogen (secondary N) is 1. The fraction of sp³-hybridized carbons (Fsp3) is 0.565. The molecule has 1 aromatic rings. The molecule has 0 radical (unpaired) electrons. The van der Waals surface area contributed by atoms with Gasteiger partial charge in [0.15, 0.2) is 0 Å². The molecule has 1 aromatic carbocycles. The summed E-state index contributed by atoms with van der Waals surface area (Å²) >= 11 is 0.